The van der Waals surface area contributed by atoms with Gasteiger partial charge in [0.05, 0.1) is 5.69 Å². The van der Waals surface area contributed by atoms with Gasteiger partial charge in [-0.15, -0.1) is 22.6 Å². The minimum atomic E-state index is 0. The summed E-state index contributed by atoms with van der Waals surface area (Å²) in [6.45, 7) is 4.68. The molecule has 2 fully saturated rings. The second-order valence-corrected chi connectivity index (χ2v) is 6.29. The van der Waals surface area contributed by atoms with Gasteiger partial charge in [-0.1, -0.05) is 30.3 Å². The van der Waals surface area contributed by atoms with Crippen LogP contribution >= 0.6 is 12.4 Å². The smallest absolute Gasteiger partial charge is 0.151 e. The van der Waals surface area contributed by atoms with Crippen LogP contribution in [0.4, 0.5) is 5.82 Å². The SMILES string of the molecule is CN1C[C@@H]2CN(c3ccc(-c4ccccc4)nn3)C[C@@H]2C1.Cl. The van der Waals surface area contributed by atoms with E-state index in [0.717, 1.165) is 42.0 Å². The summed E-state index contributed by atoms with van der Waals surface area (Å²) in [4.78, 5) is 4.83. The van der Waals surface area contributed by atoms with Crippen molar-refractivity contribution in [2.75, 3.05) is 38.1 Å². The summed E-state index contributed by atoms with van der Waals surface area (Å²) >= 11 is 0. The summed E-state index contributed by atoms with van der Waals surface area (Å²) in [5, 5.41) is 8.85. The summed E-state index contributed by atoms with van der Waals surface area (Å²) in [5.41, 5.74) is 2.06. The third-order valence-electron chi connectivity index (χ3n) is 4.71. The van der Waals surface area contributed by atoms with Gasteiger partial charge in [-0.05, 0) is 31.0 Å². The van der Waals surface area contributed by atoms with Gasteiger partial charge in [0.1, 0.15) is 0 Å². The molecule has 0 amide bonds. The zero-order chi connectivity index (χ0) is 14.2. The van der Waals surface area contributed by atoms with Crippen LogP contribution in [0, 0.1) is 11.8 Å². The van der Waals surface area contributed by atoms with E-state index < -0.39 is 0 Å². The zero-order valence-electron chi connectivity index (χ0n) is 12.7. The van der Waals surface area contributed by atoms with Gasteiger partial charge in [-0.2, -0.15) is 0 Å². The molecular formula is C17H21ClN4. The lowest BCUT2D eigenvalue weighted by Crippen LogP contribution is -2.27. The number of aromatic nitrogens is 2. The van der Waals surface area contributed by atoms with E-state index in [1.807, 2.05) is 18.2 Å². The van der Waals surface area contributed by atoms with E-state index in [-0.39, 0.29) is 12.4 Å². The van der Waals surface area contributed by atoms with Gasteiger partial charge in [0.2, 0.25) is 0 Å². The average molecular weight is 317 g/mol. The molecule has 0 bridgehead atoms. The van der Waals surface area contributed by atoms with Crippen LogP contribution < -0.4 is 4.90 Å². The fraction of sp³-hybridized carbons (Fsp3) is 0.412. The van der Waals surface area contributed by atoms with Crippen LogP contribution in [0.1, 0.15) is 0 Å². The number of halogens is 1. The maximum absolute atomic E-state index is 4.45. The molecule has 1 aromatic heterocycles. The topological polar surface area (TPSA) is 32.3 Å². The van der Waals surface area contributed by atoms with Gasteiger partial charge >= 0.3 is 0 Å². The van der Waals surface area contributed by atoms with Gasteiger partial charge in [-0.25, -0.2) is 0 Å². The summed E-state index contributed by atoms with van der Waals surface area (Å²) in [5.74, 6) is 2.61. The maximum Gasteiger partial charge on any atom is 0.151 e. The van der Waals surface area contributed by atoms with Crippen molar-refractivity contribution in [3.8, 4) is 11.3 Å². The normalized spacial score (nSPS) is 24.1. The molecular weight excluding hydrogens is 296 g/mol. The third kappa shape index (κ3) is 2.81. The van der Waals surface area contributed by atoms with Gasteiger partial charge in [0, 0.05) is 31.7 Å². The van der Waals surface area contributed by atoms with Gasteiger partial charge in [0.15, 0.2) is 5.82 Å². The monoisotopic (exact) mass is 316 g/mol. The number of benzene rings is 1. The molecule has 0 saturated carbocycles. The first-order chi connectivity index (χ1) is 10.3. The van der Waals surface area contributed by atoms with Crippen molar-refractivity contribution in [1.29, 1.82) is 0 Å². The van der Waals surface area contributed by atoms with E-state index in [9.17, 15) is 0 Å². The number of hydrogen-bond donors (Lipinski definition) is 0. The first-order valence-corrected chi connectivity index (χ1v) is 7.62. The molecule has 4 rings (SSSR count). The summed E-state index contributed by atoms with van der Waals surface area (Å²) < 4.78 is 0. The molecule has 4 nitrogen and oxygen atoms in total. The molecule has 2 aromatic rings. The van der Waals surface area contributed by atoms with Crippen LogP contribution in [0.15, 0.2) is 42.5 Å². The molecule has 116 valence electrons. The predicted octanol–water partition coefficient (Wildman–Crippen LogP) is 2.56. The quantitative estimate of drug-likeness (QED) is 0.852. The highest BCUT2D eigenvalue weighted by Gasteiger charge is 2.39. The van der Waals surface area contributed by atoms with Crippen molar-refractivity contribution in [3.05, 3.63) is 42.5 Å². The van der Waals surface area contributed by atoms with Crippen LogP contribution in [0.2, 0.25) is 0 Å². The van der Waals surface area contributed by atoms with E-state index in [0.29, 0.717) is 0 Å². The molecule has 3 heterocycles. The van der Waals surface area contributed by atoms with E-state index in [4.69, 9.17) is 0 Å². The Morgan fingerprint density at radius 2 is 1.55 bits per heavy atom. The van der Waals surface area contributed by atoms with Crippen LogP contribution in [-0.4, -0.2) is 48.3 Å². The van der Waals surface area contributed by atoms with Gasteiger partial charge in [-0.3, -0.25) is 0 Å². The van der Waals surface area contributed by atoms with E-state index in [1.165, 1.54) is 13.1 Å². The molecule has 2 saturated heterocycles. The van der Waals surface area contributed by atoms with Crippen molar-refractivity contribution in [2.24, 2.45) is 11.8 Å². The highest BCUT2D eigenvalue weighted by atomic mass is 35.5. The lowest BCUT2D eigenvalue weighted by Gasteiger charge is -2.19. The molecule has 0 radical (unpaired) electrons. The molecule has 0 N–H and O–H groups in total. The maximum atomic E-state index is 4.45. The molecule has 0 aliphatic carbocycles. The Morgan fingerprint density at radius 1 is 0.864 bits per heavy atom. The van der Waals surface area contributed by atoms with E-state index >= 15 is 0 Å². The van der Waals surface area contributed by atoms with Crippen LogP contribution in [0.25, 0.3) is 11.3 Å². The van der Waals surface area contributed by atoms with Crippen molar-refractivity contribution in [2.45, 2.75) is 0 Å². The predicted molar refractivity (Wildman–Crippen MR) is 91.4 cm³/mol. The summed E-state index contributed by atoms with van der Waals surface area (Å²) in [6.07, 6.45) is 0. The van der Waals surface area contributed by atoms with Crippen LogP contribution in [0.5, 0.6) is 0 Å². The molecule has 0 unspecified atom stereocenters. The van der Waals surface area contributed by atoms with Crippen molar-refractivity contribution in [1.82, 2.24) is 15.1 Å². The standard InChI is InChI=1S/C17H20N4.ClH/c1-20-9-14-11-21(12-15(14)10-20)17-8-7-16(18-19-17)13-5-3-2-4-6-13;/h2-8,14-15H,9-12H2,1H3;1H/t14-,15+;. The van der Waals surface area contributed by atoms with E-state index in [2.05, 4.69) is 51.3 Å². The van der Waals surface area contributed by atoms with Crippen molar-refractivity contribution < 1.29 is 0 Å². The molecule has 22 heavy (non-hydrogen) atoms. The van der Waals surface area contributed by atoms with Crippen LogP contribution in [0.3, 0.4) is 0 Å². The number of nitrogens with zero attached hydrogens (tertiary/aromatic N) is 4. The number of rotatable bonds is 2. The summed E-state index contributed by atoms with van der Waals surface area (Å²) in [7, 11) is 2.22. The number of anilines is 1. The lowest BCUT2D eigenvalue weighted by atomic mass is 10.0. The zero-order valence-corrected chi connectivity index (χ0v) is 13.5. The molecule has 1 aromatic carbocycles. The highest BCUT2D eigenvalue weighted by Crippen LogP contribution is 2.32. The van der Waals surface area contributed by atoms with Gasteiger partial charge < -0.3 is 9.80 Å². The molecule has 5 heteroatoms. The van der Waals surface area contributed by atoms with Crippen molar-refractivity contribution >= 4 is 18.2 Å². The largest absolute Gasteiger partial charge is 0.354 e. The van der Waals surface area contributed by atoms with Gasteiger partial charge in [0.25, 0.3) is 0 Å². The summed E-state index contributed by atoms with van der Waals surface area (Å²) in [6, 6.07) is 14.4. The lowest BCUT2D eigenvalue weighted by molar-refractivity contribution is 0.387. The molecule has 2 atom stereocenters. The fourth-order valence-electron chi connectivity index (χ4n) is 3.67. The van der Waals surface area contributed by atoms with Crippen molar-refractivity contribution in [3.63, 3.8) is 0 Å². The number of fused-ring (bicyclic) bond motifs is 1. The highest BCUT2D eigenvalue weighted by molar-refractivity contribution is 5.85. The first kappa shape index (κ1) is 15.3. The first-order valence-electron chi connectivity index (χ1n) is 7.62. The minimum Gasteiger partial charge on any atom is -0.354 e. The molecule has 2 aliphatic heterocycles. The Bertz CT molecular complexity index is 602. The Hall–Kier alpha value is -1.65. The average Bonchev–Trinajstić information content (AvgIpc) is 3.06. The Kier molecular flexibility index (Phi) is 4.32. The van der Waals surface area contributed by atoms with E-state index in [1.54, 1.807) is 0 Å². The Balaban J connectivity index is 0.00000144. The second kappa shape index (κ2) is 6.23. The molecule has 2 aliphatic rings. The Morgan fingerprint density at radius 3 is 2.14 bits per heavy atom. The third-order valence-corrected chi connectivity index (χ3v) is 4.71. The number of hydrogen-bond acceptors (Lipinski definition) is 4. The minimum absolute atomic E-state index is 0. The Labute approximate surface area is 137 Å². The van der Waals surface area contributed by atoms with Crippen LogP contribution in [-0.2, 0) is 0 Å². The fourth-order valence-corrected chi connectivity index (χ4v) is 3.67. The molecule has 0 spiro atoms. The second-order valence-electron chi connectivity index (χ2n) is 6.29. The number of likely N-dealkylation sites (tertiary alicyclic amines) is 1.